The van der Waals surface area contributed by atoms with E-state index < -0.39 is 11.6 Å². The van der Waals surface area contributed by atoms with Gasteiger partial charge in [0, 0.05) is 18.2 Å². The first-order chi connectivity index (χ1) is 8.92. The highest BCUT2D eigenvalue weighted by atomic mass is 19.1. The SMILES string of the molecule is CC(C)CC(CN)NC(=O)Cc1cc(F)ccc1F. The molecule has 0 aliphatic heterocycles. The largest absolute Gasteiger partial charge is 0.352 e. The lowest BCUT2D eigenvalue weighted by Crippen LogP contribution is -2.41. The van der Waals surface area contributed by atoms with Crippen LogP contribution < -0.4 is 11.1 Å². The fraction of sp³-hybridized carbons (Fsp3) is 0.500. The molecule has 0 saturated heterocycles. The van der Waals surface area contributed by atoms with Gasteiger partial charge in [-0.15, -0.1) is 0 Å². The van der Waals surface area contributed by atoms with Gasteiger partial charge in [-0.2, -0.15) is 0 Å². The number of hydrogen-bond donors (Lipinski definition) is 2. The highest BCUT2D eigenvalue weighted by Gasteiger charge is 2.14. The van der Waals surface area contributed by atoms with Crippen molar-refractivity contribution < 1.29 is 13.6 Å². The van der Waals surface area contributed by atoms with E-state index in [-0.39, 0.29) is 23.9 Å². The molecule has 0 aliphatic rings. The molecule has 1 amide bonds. The average Bonchev–Trinajstić information content (AvgIpc) is 2.32. The lowest BCUT2D eigenvalue weighted by Gasteiger charge is -2.18. The van der Waals surface area contributed by atoms with E-state index in [1.807, 2.05) is 13.8 Å². The summed E-state index contributed by atoms with van der Waals surface area (Å²) in [6.07, 6.45) is 0.575. The topological polar surface area (TPSA) is 55.1 Å². The third kappa shape index (κ3) is 5.34. The Balaban J connectivity index is 2.61. The number of hydrogen-bond acceptors (Lipinski definition) is 2. The minimum Gasteiger partial charge on any atom is -0.352 e. The summed E-state index contributed by atoms with van der Waals surface area (Å²) in [5, 5.41) is 2.74. The highest BCUT2D eigenvalue weighted by molar-refractivity contribution is 5.78. The van der Waals surface area contributed by atoms with Gasteiger partial charge >= 0.3 is 0 Å². The van der Waals surface area contributed by atoms with Gasteiger partial charge in [-0.25, -0.2) is 8.78 Å². The van der Waals surface area contributed by atoms with Gasteiger partial charge in [0.2, 0.25) is 5.91 Å². The molecule has 1 aromatic carbocycles. The third-order valence-electron chi connectivity index (χ3n) is 2.76. The van der Waals surface area contributed by atoms with Crippen LogP contribution >= 0.6 is 0 Å². The molecule has 106 valence electrons. The van der Waals surface area contributed by atoms with E-state index in [2.05, 4.69) is 5.32 Å². The first kappa shape index (κ1) is 15.6. The molecule has 1 rings (SSSR count). The second-order valence-corrected chi connectivity index (χ2v) is 5.04. The summed E-state index contributed by atoms with van der Waals surface area (Å²) in [4.78, 5) is 11.8. The maximum atomic E-state index is 13.4. The van der Waals surface area contributed by atoms with E-state index in [1.165, 1.54) is 0 Å². The minimum atomic E-state index is -0.579. The van der Waals surface area contributed by atoms with Gasteiger partial charge in [-0.3, -0.25) is 4.79 Å². The van der Waals surface area contributed by atoms with Crippen LogP contribution in [0.5, 0.6) is 0 Å². The van der Waals surface area contributed by atoms with Gasteiger partial charge in [0.25, 0.3) is 0 Å². The fourth-order valence-electron chi connectivity index (χ4n) is 1.91. The van der Waals surface area contributed by atoms with Gasteiger partial charge in [-0.05, 0) is 30.5 Å². The normalized spacial score (nSPS) is 12.5. The molecule has 0 heterocycles. The number of benzene rings is 1. The zero-order chi connectivity index (χ0) is 14.4. The van der Waals surface area contributed by atoms with Crippen molar-refractivity contribution in [3.63, 3.8) is 0 Å². The predicted octanol–water partition coefficient (Wildman–Crippen LogP) is 2.00. The van der Waals surface area contributed by atoms with Crippen molar-refractivity contribution in [2.75, 3.05) is 6.54 Å². The number of amides is 1. The Hall–Kier alpha value is -1.49. The summed E-state index contributed by atoms with van der Waals surface area (Å²) >= 11 is 0. The van der Waals surface area contributed by atoms with Crippen LogP contribution in [0.25, 0.3) is 0 Å². The molecule has 1 aromatic rings. The van der Waals surface area contributed by atoms with Crippen molar-refractivity contribution in [1.82, 2.24) is 5.32 Å². The van der Waals surface area contributed by atoms with Crippen LogP contribution in [0.1, 0.15) is 25.8 Å². The Morgan fingerprint density at radius 2 is 2.05 bits per heavy atom. The third-order valence-corrected chi connectivity index (χ3v) is 2.76. The minimum absolute atomic E-state index is 0.0535. The number of carbonyl (C=O) groups is 1. The van der Waals surface area contributed by atoms with Crippen LogP contribution in [-0.4, -0.2) is 18.5 Å². The van der Waals surface area contributed by atoms with Crippen LogP contribution in [-0.2, 0) is 11.2 Å². The lowest BCUT2D eigenvalue weighted by molar-refractivity contribution is -0.121. The van der Waals surface area contributed by atoms with Gasteiger partial charge in [0.15, 0.2) is 0 Å². The maximum Gasteiger partial charge on any atom is 0.224 e. The molecule has 0 fully saturated rings. The van der Waals surface area contributed by atoms with Crippen molar-refractivity contribution in [1.29, 1.82) is 0 Å². The Morgan fingerprint density at radius 1 is 1.37 bits per heavy atom. The van der Waals surface area contributed by atoms with Gasteiger partial charge in [0.1, 0.15) is 11.6 Å². The zero-order valence-electron chi connectivity index (χ0n) is 11.2. The molecule has 5 heteroatoms. The quantitative estimate of drug-likeness (QED) is 0.830. The number of nitrogens with two attached hydrogens (primary N) is 1. The Labute approximate surface area is 112 Å². The average molecular weight is 270 g/mol. The molecule has 0 spiro atoms. The lowest BCUT2D eigenvalue weighted by atomic mass is 10.0. The summed E-state index contributed by atoms with van der Waals surface area (Å²) < 4.78 is 26.4. The maximum absolute atomic E-state index is 13.4. The van der Waals surface area contributed by atoms with E-state index >= 15 is 0 Å². The van der Waals surface area contributed by atoms with Crippen LogP contribution in [0.3, 0.4) is 0 Å². The first-order valence-electron chi connectivity index (χ1n) is 6.35. The zero-order valence-corrected chi connectivity index (χ0v) is 11.2. The van der Waals surface area contributed by atoms with Crippen molar-refractivity contribution in [3.05, 3.63) is 35.4 Å². The molecule has 0 aromatic heterocycles. The monoisotopic (exact) mass is 270 g/mol. The molecule has 0 aliphatic carbocycles. The summed E-state index contributed by atoms with van der Waals surface area (Å²) in [7, 11) is 0. The summed E-state index contributed by atoms with van der Waals surface area (Å²) in [6.45, 7) is 4.39. The van der Waals surface area contributed by atoms with Crippen molar-refractivity contribution in [3.8, 4) is 0 Å². The van der Waals surface area contributed by atoms with Gasteiger partial charge in [0.05, 0.1) is 6.42 Å². The molecular weight excluding hydrogens is 250 g/mol. The van der Waals surface area contributed by atoms with Crippen molar-refractivity contribution in [2.24, 2.45) is 11.7 Å². The Bertz CT molecular complexity index is 435. The summed E-state index contributed by atoms with van der Waals surface area (Å²) in [5.74, 6) is -1.08. The van der Waals surface area contributed by atoms with E-state index in [0.717, 1.165) is 24.6 Å². The molecule has 0 bridgehead atoms. The van der Waals surface area contributed by atoms with Crippen LogP contribution in [0.4, 0.5) is 8.78 Å². The van der Waals surface area contributed by atoms with Gasteiger partial charge in [-0.1, -0.05) is 13.8 Å². The van der Waals surface area contributed by atoms with E-state index in [9.17, 15) is 13.6 Å². The van der Waals surface area contributed by atoms with Crippen LogP contribution in [0.15, 0.2) is 18.2 Å². The molecule has 19 heavy (non-hydrogen) atoms. The van der Waals surface area contributed by atoms with E-state index in [4.69, 9.17) is 5.73 Å². The predicted molar refractivity (Wildman–Crippen MR) is 70.5 cm³/mol. The number of nitrogens with one attached hydrogen (secondary N) is 1. The molecule has 3 nitrogen and oxygen atoms in total. The summed E-state index contributed by atoms with van der Waals surface area (Å²) in [6, 6.07) is 2.95. The molecule has 1 unspecified atom stereocenters. The van der Waals surface area contributed by atoms with Crippen LogP contribution in [0.2, 0.25) is 0 Å². The molecule has 3 N–H and O–H groups in total. The van der Waals surface area contributed by atoms with Crippen molar-refractivity contribution in [2.45, 2.75) is 32.7 Å². The first-order valence-corrected chi connectivity index (χ1v) is 6.35. The second kappa shape index (κ2) is 7.19. The van der Waals surface area contributed by atoms with Gasteiger partial charge < -0.3 is 11.1 Å². The number of halogens is 2. The Morgan fingerprint density at radius 3 is 2.63 bits per heavy atom. The number of rotatable bonds is 6. The molecule has 0 saturated carbocycles. The molecular formula is C14H20F2N2O. The fourth-order valence-corrected chi connectivity index (χ4v) is 1.91. The number of carbonyl (C=O) groups excluding carboxylic acids is 1. The standard InChI is InChI=1S/C14H20F2N2O/c1-9(2)5-12(8-17)18-14(19)7-10-6-11(15)3-4-13(10)16/h3-4,6,9,12H,5,7-8,17H2,1-2H3,(H,18,19). The smallest absolute Gasteiger partial charge is 0.224 e. The van der Waals surface area contributed by atoms with E-state index in [0.29, 0.717) is 12.5 Å². The molecule has 1 atom stereocenters. The molecule has 0 radical (unpaired) electrons. The Kier molecular flexibility index (Phi) is 5.89. The van der Waals surface area contributed by atoms with E-state index in [1.54, 1.807) is 0 Å². The van der Waals surface area contributed by atoms with Crippen molar-refractivity contribution >= 4 is 5.91 Å². The second-order valence-electron chi connectivity index (χ2n) is 5.04. The van der Waals surface area contributed by atoms with Crippen LogP contribution in [0, 0.1) is 17.6 Å². The highest BCUT2D eigenvalue weighted by Crippen LogP contribution is 2.11. The summed E-state index contributed by atoms with van der Waals surface area (Å²) in [5.41, 5.74) is 5.62.